The molecule has 2 aromatic heterocycles. The van der Waals surface area contributed by atoms with Crippen molar-refractivity contribution in [3.63, 3.8) is 0 Å². The summed E-state index contributed by atoms with van der Waals surface area (Å²) in [6, 6.07) is 7.59. The van der Waals surface area contributed by atoms with Gasteiger partial charge >= 0.3 is 0 Å². The summed E-state index contributed by atoms with van der Waals surface area (Å²) in [6.07, 6.45) is 2.88. The molecule has 2 rings (SSSR count). The molecule has 1 N–H and O–H groups in total. The second-order valence-electron chi connectivity index (χ2n) is 5.07. The van der Waals surface area contributed by atoms with E-state index >= 15 is 0 Å². The summed E-state index contributed by atoms with van der Waals surface area (Å²) in [4.78, 5) is 16.4. The number of nitrogens with one attached hydrogen (secondary N) is 1. The quantitative estimate of drug-likeness (QED) is 0.895. The maximum Gasteiger partial charge on any atom is 0.258 e. The van der Waals surface area contributed by atoms with Gasteiger partial charge in [0, 0.05) is 24.8 Å². The van der Waals surface area contributed by atoms with Crippen LogP contribution in [0, 0.1) is 5.92 Å². The van der Waals surface area contributed by atoms with Gasteiger partial charge in [0.1, 0.15) is 5.65 Å². The van der Waals surface area contributed by atoms with Gasteiger partial charge in [0.05, 0.1) is 5.69 Å². The number of fused-ring (bicyclic) bond motifs is 1. The van der Waals surface area contributed by atoms with Crippen molar-refractivity contribution in [1.29, 1.82) is 0 Å². The first-order valence-electron chi connectivity index (χ1n) is 6.82. The van der Waals surface area contributed by atoms with Gasteiger partial charge in [0.15, 0.2) is 0 Å². The first-order valence-corrected chi connectivity index (χ1v) is 6.82. The Balaban J connectivity index is 2.16. The molecule has 19 heavy (non-hydrogen) atoms. The minimum absolute atomic E-state index is 0.0291. The molecular formula is C15H21N3O. The van der Waals surface area contributed by atoms with Gasteiger partial charge in [-0.2, -0.15) is 0 Å². The van der Waals surface area contributed by atoms with E-state index in [0.29, 0.717) is 24.2 Å². The average molecular weight is 259 g/mol. The van der Waals surface area contributed by atoms with Crippen LogP contribution in [0.15, 0.2) is 35.3 Å². The summed E-state index contributed by atoms with van der Waals surface area (Å²) in [7, 11) is 0. The molecule has 0 spiro atoms. The molecule has 0 bridgehead atoms. The largest absolute Gasteiger partial charge is 0.308 e. The zero-order chi connectivity index (χ0) is 13.8. The minimum atomic E-state index is -0.0291. The van der Waals surface area contributed by atoms with E-state index in [0.717, 1.165) is 12.1 Å². The highest BCUT2D eigenvalue weighted by molar-refractivity contribution is 5.37. The Labute approximate surface area is 113 Å². The highest BCUT2D eigenvalue weighted by Gasteiger charge is 2.10. The molecule has 2 atom stereocenters. The van der Waals surface area contributed by atoms with Crippen molar-refractivity contribution in [1.82, 2.24) is 14.7 Å². The van der Waals surface area contributed by atoms with Gasteiger partial charge in [-0.15, -0.1) is 0 Å². The third-order valence-corrected chi connectivity index (χ3v) is 3.73. The van der Waals surface area contributed by atoms with E-state index in [-0.39, 0.29) is 5.56 Å². The van der Waals surface area contributed by atoms with Crippen LogP contribution in [-0.2, 0) is 6.54 Å². The lowest BCUT2D eigenvalue weighted by atomic mass is 10.0. The van der Waals surface area contributed by atoms with E-state index in [4.69, 9.17) is 0 Å². The van der Waals surface area contributed by atoms with E-state index in [1.165, 1.54) is 0 Å². The van der Waals surface area contributed by atoms with Gasteiger partial charge in [-0.05, 0) is 25.0 Å². The van der Waals surface area contributed by atoms with Crippen LogP contribution in [0.5, 0.6) is 0 Å². The summed E-state index contributed by atoms with van der Waals surface area (Å²) in [5, 5.41) is 3.43. The fourth-order valence-electron chi connectivity index (χ4n) is 2.01. The zero-order valence-electron chi connectivity index (χ0n) is 11.8. The Morgan fingerprint density at radius 2 is 2.16 bits per heavy atom. The number of nitrogens with zero attached hydrogens (tertiary/aromatic N) is 2. The van der Waals surface area contributed by atoms with E-state index in [2.05, 4.69) is 31.1 Å². The third kappa shape index (κ3) is 3.20. The first-order chi connectivity index (χ1) is 9.11. The predicted octanol–water partition coefficient (Wildman–Crippen LogP) is 2.22. The second kappa shape index (κ2) is 5.97. The van der Waals surface area contributed by atoms with E-state index in [1.54, 1.807) is 16.7 Å². The standard InChI is InChI=1S/C15H21N3O/c1-4-11(2)12(3)16-10-13-9-15(19)18-8-6-5-7-14(18)17-13/h5-9,11-12,16H,4,10H2,1-3H3. The lowest BCUT2D eigenvalue weighted by molar-refractivity contribution is 0.388. The van der Waals surface area contributed by atoms with Crippen molar-refractivity contribution in [2.75, 3.05) is 0 Å². The van der Waals surface area contributed by atoms with Crippen LogP contribution in [-0.4, -0.2) is 15.4 Å². The SMILES string of the molecule is CCC(C)C(C)NCc1cc(=O)n2ccccc2n1. The van der Waals surface area contributed by atoms with Crippen molar-refractivity contribution in [3.8, 4) is 0 Å². The first kappa shape index (κ1) is 13.7. The van der Waals surface area contributed by atoms with Crippen molar-refractivity contribution >= 4 is 5.65 Å². The molecule has 102 valence electrons. The topological polar surface area (TPSA) is 46.4 Å². The van der Waals surface area contributed by atoms with Crippen LogP contribution in [0.25, 0.3) is 5.65 Å². The summed E-state index contributed by atoms with van der Waals surface area (Å²) >= 11 is 0. The van der Waals surface area contributed by atoms with Crippen molar-refractivity contribution in [3.05, 3.63) is 46.5 Å². The van der Waals surface area contributed by atoms with Crippen LogP contribution in [0.2, 0.25) is 0 Å². The van der Waals surface area contributed by atoms with Crippen molar-refractivity contribution in [2.24, 2.45) is 5.92 Å². The maximum absolute atomic E-state index is 11.9. The third-order valence-electron chi connectivity index (χ3n) is 3.73. The van der Waals surface area contributed by atoms with Gasteiger partial charge in [-0.25, -0.2) is 4.98 Å². The predicted molar refractivity (Wildman–Crippen MR) is 77.2 cm³/mol. The lowest BCUT2D eigenvalue weighted by Crippen LogP contribution is -2.32. The molecule has 0 amide bonds. The number of hydrogen-bond acceptors (Lipinski definition) is 3. The van der Waals surface area contributed by atoms with Crippen molar-refractivity contribution in [2.45, 2.75) is 39.8 Å². The molecule has 0 saturated carbocycles. The summed E-state index contributed by atoms with van der Waals surface area (Å²) < 4.78 is 1.56. The molecule has 0 aliphatic heterocycles. The Hall–Kier alpha value is -1.68. The van der Waals surface area contributed by atoms with Gasteiger partial charge in [0.25, 0.3) is 5.56 Å². The van der Waals surface area contributed by atoms with Gasteiger partial charge in [-0.1, -0.05) is 26.3 Å². The molecule has 0 fully saturated rings. The Morgan fingerprint density at radius 3 is 2.89 bits per heavy atom. The lowest BCUT2D eigenvalue weighted by Gasteiger charge is -2.19. The van der Waals surface area contributed by atoms with Gasteiger partial charge in [-0.3, -0.25) is 9.20 Å². The molecular weight excluding hydrogens is 238 g/mol. The fourth-order valence-corrected chi connectivity index (χ4v) is 2.01. The Kier molecular flexibility index (Phi) is 4.32. The van der Waals surface area contributed by atoms with Crippen LogP contribution >= 0.6 is 0 Å². The number of rotatable bonds is 5. The van der Waals surface area contributed by atoms with Crippen LogP contribution in [0.4, 0.5) is 0 Å². The van der Waals surface area contributed by atoms with Crippen LogP contribution < -0.4 is 10.9 Å². The summed E-state index contributed by atoms with van der Waals surface area (Å²) in [5.41, 5.74) is 1.47. The van der Waals surface area contributed by atoms with Gasteiger partial charge in [0.2, 0.25) is 0 Å². The molecule has 0 aliphatic carbocycles. The monoisotopic (exact) mass is 259 g/mol. The van der Waals surface area contributed by atoms with Crippen LogP contribution in [0.1, 0.15) is 32.9 Å². The van der Waals surface area contributed by atoms with E-state index in [1.807, 2.05) is 18.2 Å². The summed E-state index contributed by atoms with van der Waals surface area (Å²) in [6.45, 7) is 7.21. The normalized spacial score (nSPS) is 14.5. The van der Waals surface area contributed by atoms with E-state index < -0.39 is 0 Å². The Bertz CT molecular complexity index is 606. The van der Waals surface area contributed by atoms with Gasteiger partial charge < -0.3 is 5.32 Å². The number of aromatic nitrogens is 2. The molecule has 4 nitrogen and oxygen atoms in total. The summed E-state index contributed by atoms with van der Waals surface area (Å²) in [5.74, 6) is 0.613. The zero-order valence-corrected chi connectivity index (χ0v) is 11.8. The second-order valence-corrected chi connectivity index (χ2v) is 5.07. The molecule has 0 aromatic carbocycles. The van der Waals surface area contributed by atoms with Crippen LogP contribution in [0.3, 0.4) is 0 Å². The molecule has 0 saturated heterocycles. The maximum atomic E-state index is 11.9. The molecule has 2 unspecified atom stereocenters. The van der Waals surface area contributed by atoms with Crippen molar-refractivity contribution < 1.29 is 0 Å². The highest BCUT2D eigenvalue weighted by atomic mass is 16.1. The molecule has 4 heteroatoms. The number of hydrogen-bond donors (Lipinski definition) is 1. The minimum Gasteiger partial charge on any atom is -0.308 e. The Morgan fingerprint density at radius 1 is 1.37 bits per heavy atom. The fraction of sp³-hybridized carbons (Fsp3) is 0.467. The molecule has 0 radical (unpaired) electrons. The highest BCUT2D eigenvalue weighted by Crippen LogP contribution is 2.07. The number of pyridine rings is 1. The van der Waals surface area contributed by atoms with E-state index in [9.17, 15) is 4.79 Å². The molecule has 2 heterocycles. The smallest absolute Gasteiger partial charge is 0.258 e. The average Bonchev–Trinajstić information content (AvgIpc) is 2.44. The molecule has 2 aromatic rings. The molecule has 0 aliphatic rings.